The molecule has 36 heavy (non-hydrogen) atoms. The second kappa shape index (κ2) is 9.59. The van der Waals surface area contributed by atoms with Gasteiger partial charge in [-0.15, -0.1) is 10.2 Å². The topological polar surface area (TPSA) is 37.8 Å². The van der Waals surface area contributed by atoms with Gasteiger partial charge in [-0.25, -0.2) is 4.39 Å². The van der Waals surface area contributed by atoms with E-state index in [1.54, 1.807) is 12.1 Å². The summed E-state index contributed by atoms with van der Waals surface area (Å²) < 4.78 is 53.4. The maximum absolute atomic E-state index is 14.2. The van der Waals surface area contributed by atoms with Crippen LogP contribution >= 0.6 is 11.6 Å². The number of rotatable bonds is 5. The number of halogens is 5. The standard InChI is InChI=1S/C28H18ClF4N3/c29-23-11-5-10-22-25(26(35-36-27(22)23)17-6-2-1-3-7-17)18-8-4-9-21(15-18)34-16-19-14-20(28(31,32)33)12-13-24(19)30/h1-15,34H,16H2. The van der Waals surface area contributed by atoms with Crippen LogP contribution in [0.2, 0.25) is 5.02 Å². The third-order valence-corrected chi connectivity index (χ3v) is 6.10. The molecule has 8 heteroatoms. The van der Waals surface area contributed by atoms with Crippen molar-refractivity contribution >= 4 is 28.2 Å². The van der Waals surface area contributed by atoms with Gasteiger partial charge in [0.2, 0.25) is 0 Å². The molecule has 0 saturated heterocycles. The van der Waals surface area contributed by atoms with Crippen LogP contribution in [0.15, 0.2) is 91.0 Å². The highest BCUT2D eigenvalue weighted by molar-refractivity contribution is 6.35. The van der Waals surface area contributed by atoms with E-state index in [0.29, 0.717) is 21.9 Å². The van der Waals surface area contributed by atoms with Gasteiger partial charge in [-0.2, -0.15) is 13.2 Å². The average molecular weight is 508 g/mol. The van der Waals surface area contributed by atoms with Crippen LogP contribution in [0.1, 0.15) is 11.1 Å². The Labute approximate surface area is 209 Å². The molecule has 0 aliphatic rings. The minimum absolute atomic E-state index is 0.0805. The predicted molar refractivity (Wildman–Crippen MR) is 134 cm³/mol. The molecule has 1 heterocycles. The quantitative estimate of drug-likeness (QED) is 0.243. The number of benzene rings is 4. The first kappa shape index (κ1) is 23.8. The molecule has 180 valence electrons. The highest BCUT2D eigenvalue weighted by Gasteiger charge is 2.31. The van der Waals surface area contributed by atoms with Gasteiger partial charge in [-0.05, 0) is 42.0 Å². The number of aromatic nitrogens is 2. The van der Waals surface area contributed by atoms with Gasteiger partial charge in [0.1, 0.15) is 17.0 Å². The molecule has 5 aromatic rings. The number of hydrogen-bond donors (Lipinski definition) is 1. The lowest BCUT2D eigenvalue weighted by molar-refractivity contribution is -0.137. The number of fused-ring (bicyclic) bond motifs is 1. The molecule has 0 amide bonds. The summed E-state index contributed by atoms with van der Waals surface area (Å²) in [5.41, 5.74) is 3.32. The Balaban J connectivity index is 1.56. The fourth-order valence-corrected chi connectivity index (χ4v) is 4.27. The molecule has 0 unspecified atom stereocenters. The lowest BCUT2D eigenvalue weighted by Crippen LogP contribution is -2.08. The van der Waals surface area contributed by atoms with Gasteiger partial charge >= 0.3 is 6.18 Å². The zero-order valence-electron chi connectivity index (χ0n) is 18.7. The predicted octanol–water partition coefficient (Wildman–Crippen LogP) is 8.39. The number of nitrogens with one attached hydrogen (secondary N) is 1. The SMILES string of the molecule is Fc1ccc(C(F)(F)F)cc1CNc1cccc(-c2c(-c3ccccc3)nnc3c(Cl)cccc23)c1. The normalized spacial score (nSPS) is 11.6. The lowest BCUT2D eigenvalue weighted by atomic mass is 9.95. The molecule has 5 rings (SSSR count). The molecule has 0 bridgehead atoms. The van der Waals surface area contributed by atoms with Crippen molar-refractivity contribution < 1.29 is 17.6 Å². The molecular formula is C28H18ClF4N3. The molecule has 4 aromatic carbocycles. The minimum Gasteiger partial charge on any atom is -0.381 e. The van der Waals surface area contributed by atoms with E-state index >= 15 is 0 Å². The fourth-order valence-electron chi connectivity index (χ4n) is 4.06. The summed E-state index contributed by atoms with van der Waals surface area (Å²) in [7, 11) is 0. The van der Waals surface area contributed by atoms with Crippen LogP contribution in [0.4, 0.5) is 23.2 Å². The molecule has 0 fully saturated rings. The van der Waals surface area contributed by atoms with Gasteiger partial charge < -0.3 is 5.32 Å². The molecule has 0 saturated carbocycles. The van der Waals surface area contributed by atoms with Crippen LogP contribution in [0.3, 0.4) is 0 Å². The average Bonchev–Trinajstić information content (AvgIpc) is 2.88. The van der Waals surface area contributed by atoms with Gasteiger partial charge in [0.05, 0.1) is 10.6 Å². The lowest BCUT2D eigenvalue weighted by Gasteiger charge is -2.15. The first-order valence-corrected chi connectivity index (χ1v) is 11.4. The third-order valence-electron chi connectivity index (χ3n) is 5.80. The highest BCUT2D eigenvalue weighted by Crippen LogP contribution is 2.38. The number of anilines is 1. The first-order valence-electron chi connectivity index (χ1n) is 11.0. The monoisotopic (exact) mass is 507 g/mol. The van der Waals surface area contributed by atoms with Crippen molar-refractivity contribution in [1.82, 2.24) is 10.2 Å². The van der Waals surface area contributed by atoms with E-state index in [4.69, 9.17) is 11.6 Å². The minimum atomic E-state index is -4.55. The van der Waals surface area contributed by atoms with Crippen LogP contribution in [0, 0.1) is 5.82 Å². The van der Waals surface area contributed by atoms with E-state index in [-0.39, 0.29) is 12.1 Å². The first-order chi connectivity index (χ1) is 17.3. The fraction of sp³-hybridized carbons (Fsp3) is 0.0714. The Bertz CT molecular complexity index is 1550. The van der Waals surface area contributed by atoms with Crippen molar-refractivity contribution in [3.63, 3.8) is 0 Å². The summed E-state index contributed by atoms with van der Waals surface area (Å²) in [5, 5.41) is 13.1. The second-order valence-corrected chi connectivity index (χ2v) is 8.57. The van der Waals surface area contributed by atoms with Crippen LogP contribution in [0.25, 0.3) is 33.3 Å². The number of alkyl halides is 3. The zero-order valence-corrected chi connectivity index (χ0v) is 19.4. The van der Waals surface area contributed by atoms with Crippen molar-refractivity contribution in [2.45, 2.75) is 12.7 Å². The van der Waals surface area contributed by atoms with E-state index in [1.165, 1.54) is 0 Å². The van der Waals surface area contributed by atoms with Gasteiger partial charge in [0.15, 0.2) is 0 Å². The van der Waals surface area contributed by atoms with Crippen molar-refractivity contribution in [3.05, 3.63) is 113 Å². The van der Waals surface area contributed by atoms with Gasteiger partial charge in [0, 0.05) is 34.3 Å². The maximum Gasteiger partial charge on any atom is 0.416 e. The largest absolute Gasteiger partial charge is 0.416 e. The van der Waals surface area contributed by atoms with Gasteiger partial charge in [-0.3, -0.25) is 0 Å². The van der Waals surface area contributed by atoms with E-state index in [1.807, 2.05) is 60.7 Å². The number of nitrogens with zero attached hydrogens (tertiary/aromatic N) is 2. The molecule has 0 aliphatic heterocycles. The van der Waals surface area contributed by atoms with E-state index in [9.17, 15) is 17.6 Å². The zero-order chi connectivity index (χ0) is 25.3. The molecule has 0 aliphatic carbocycles. The Morgan fingerprint density at radius 1 is 0.778 bits per heavy atom. The molecular weight excluding hydrogens is 490 g/mol. The highest BCUT2D eigenvalue weighted by atomic mass is 35.5. The van der Waals surface area contributed by atoms with E-state index < -0.39 is 17.6 Å². The van der Waals surface area contributed by atoms with Crippen molar-refractivity contribution in [2.24, 2.45) is 0 Å². The van der Waals surface area contributed by atoms with Crippen LogP contribution in [-0.4, -0.2) is 10.2 Å². The Morgan fingerprint density at radius 3 is 2.31 bits per heavy atom. The third kappa shape index (κ3) is 4.75. The summed E-state index contributed by atoms with van der Waals surface area (Å²) in [5.74, 6) is -0.711. The van der Waals surface area contributed by atoms with Crippen LogP contribution < -0.4 is 5.32 Å². The molecule has 0 spiro atoms. The second-order valence-electron chi connectivity index (χ2n) is 8.16. The smallest absolute Gasteiger partial charge is 0.381 e. The molecule has 1 N–H and O–H groups in total. The maximum atomic E-state index is 14.2. The molecule has 0 radical (unpaired) electrons. The van der Waals surface area contributed by atoms with E-state index in [2.05, 4.69) is 15.5 Å². The van der Waals surface area contributed by atoms with Gasteiger partial charge in [0.25, 0.3) is 0 Å². The van der Waals surface area contributed by atoms with Crippen LogP contribution in [-0.2, 0) is 12.7 Å². The summed E-state index contributed by atoms with van der Waals surface area (Å²) in [4.78, 5) is 0. The molecule has 3 nitrogen and oxygen atoms in total. The summed E-state index contributed by atoms with van der Waals surface area (Å²) in [6, 6.07) is 24.8. The van der Waals surface area contributed by atoms with Crippen molar-refractivity contribution in [3.8, 4) is 22.4 Å². The number of hydrogen-bond acceptors (Lipinski definition) is 3. The van der Waals surface area contributed by atoms with Crippen molar-refractivity contribution in [2.75, 3.05) is 5.32 Å². The summed E-state index contributed by atoms with van der Waals surface area (Å²) in [6.45, 7) is -0.119. The van der Waals surface area contributed by atoms with Gasteiger partial charge in [-0.1, -0.05) is 66.2 Å². The Morgan fingerprint density at radius 2 is 1.53 bits per heavy atom. The van der Waals surface area contributed by atoms with Crippen molar-refractivity contribution in [1.29, 1.82) is 0 Å². The molecule has 1 aromatic heterocycles. The Kier molecular flexibility index (Phi) is 6.33. The summed E-state index contributed by atoms with van der Waals surface area (Å²) in [6.07, 6.45) is -4.55. The van der Waals surface area contributed by atoms with E-state index in [0.717, 1.165) is 40.3 Å². The van der Waals surface area contributed by atoms with Crippen LogP contribution in [0.5, 0.6) is 0 Å². The Hall–Kier alpha value is -3.97. The summed E-state index contributed by atoms with van der Waals surface area (Å²) >= 11 is 6.39. The molecule has 0 atom stereocenters.